The fraction of sp³-hybridized carbons (Fsp3) is 0.381. The number of aliphatic hydroxyl groups excluding tert-OH is 1. The molecule has 0 spiro atoms. The summed E-state index contributed by atoms with van der Waals surface area (Å²) in [7, 11) is 0. The van der Waals surface area contributed by atoms with Crippen molar-refractivity contribution in [3.05, 3.63) is 64.1 Å². The number of nitrogens with zero attached hydrogens (tertiary/aromatic N) is 1. The lowest BCUT2D eigenvalue weighted by molar-refractivity contribution is -0.307. The Hall–Kier alpha value is -1.40. The zero-order valence-corrected chi connectivity index (χ0v) is 17.6. The first kappa shape index (κ1) is 19.9. The Balaban J connectivity index is 1.50. The standard InChI is InChI=1S/C21H20BrNO4S/c1-12-18(24)21(28-17-9-15(22)8-7-14(17)10-23)26-16-11-25-20(27-19(12)16)13-5-3-2-4-6-13/h2-9,12,16,18-21,24H,11H2,1H3/t12?,16?,18?,19-,20?,21-/m1/s1. The summed E-state index contributed by atoms with van der Waals surface area (Å²) in [5, 5.41) is 20.2. The summed E-state index contributed by atoms with van der Waals surface area (Å²) in [6.07, 6.45) is -1.72. The molecule has 4 rings (SSSR count). The van der Waals surface area contributed by atoms with Gasteiger partial charge in [0.05, 0.1) is 24.4 Å². The van der Waals surface area contributed by atoms with Crippen LogP contribution >= 0.6 is 27.7 Å². The van der Waals surface area contributed by atoms with Crippen molar-refractivity contribution in [1.29, 1.82) is 5.26 Å². The number of benzene rings is 2. The predicted molar refractivity (Wildman–Crippen MR) is 109 cm³/mol. The van der Waals surface area contributed by atoms with Gasteiger partial charge in [0.25, 0.3) is 0 Å². The van der Waals surface area contributed by atoms with E-state index in [0.717, 1.165) is 14.9 Å². The molecule has 2 aromatic rings. The molecule has 0 bridgehead atoms. The van der Waals surface area contributed by atoms with Crippen molar-refractivity contribution in [2.24, 2.45) is 5.92 Å². The Morgan fingerprint density at radius 1 is 1.18 bits per heavy atom. The molecule has 2 aliphatic heterocycles. The van der Waals surface area contributed by atoms with E-state index in [1.165, 1.54) is 11.8 Å². The van der Waals surface area contributed by atoms with Crippen molar-refractivity contribution in [3.63, 3.8) is 0 Å². The van der Waals surface area contributed by atoms with Crippen LogP contribution in [0.15, 0.2) is 57.9 Å². The van der Waals surface area contributed by atoms with Crippen molar-refractivity contribution in [2.45, 2.75) is 41.9 Å². The average molecular weight is 462 g/mol. The normalized spacial score (nSPS) is 32.4. The Morgan fingerprint density at radius 3 is 2.71 bits per heavy atom. The fourth-order valence-electron chi connectivity index (χ4n) is 3.51. The van der Waals surface area contributed by atoms with Gasteiger partial charge in [-0.1, -0.05) is 64.9 Å². The summed E-state index contributed by atoms with van der Waals surface area (Å²) in [5.41, 5.74) is 1.00. The molecule has 2 aliphatic rings. The molecule has 2 saturated heterocycles. The van der Waals surface area contributed by atoms with E-state index in [1.54, 1.807) is 6.07 Å². The first-order chi connectivity index (χ1) is 13.6. The second-order valence-corrected chi connectivity index (χ2v) is 9.00. The molecule has 1 N–H and O–H groups in total. The predicted octanol–water partition coefficient (Wildman–Crippen LogP) is 4.25. The maximum atomic E-state index is 10.9. The molecular weight excluding hydrogens is 442 g/mol. The molecule has 5 nitrogen and oxygen atoms in total. The number of thioether (sulfide) groups is 1. The first-order valence-electron chi connectivity index (χ1n) is 9.08. The lowest BCUT2D eigenvalue weighted by Gasteiger charge is -2.47. The molecule has 2 heterocycles. The summed E-state index contributed by atoms with van der Waals surface area (Å²) in [5.74, 6) is -0.135. The lowest BCUT2D eigenvalue weighted by atomic mass is 9.91. The van der Waals surface area contributed by atoms with Gasteiger partial charge in [-0.05, 0) is 18.2 Å². The van der Waals surface area contributed by atoms with Crippen molar-refractivity contribution >= 4 is 27.7 Å². The largest absolute Gasteiger partial charge is 0.389 e. The van der Waals surface area contributed by atoms with E-state index in [1.807, 2.05) is 49.4 Å². The van der Waals surface area contributed by atoms with Crippen LogP contribution < -0.4 is 0 Å². The van der Waals surface area contributed by atoms with E-state index in [0.29, 0.717) is 12.2 Å². The molecule has 6 atom stereocenters. The van der Waals surface area contributed by atoms with Crippen LogP contribution in [0.1, 0.15) is 24.3 Å². The zero-order valence-electron chi connectivity index (χ0n) is 15.2. The number of rotatable bonds is 3. The van der Waals surface area contributed by atoms with Gasteiger partial charge in [-0.2, -0.15) is 5.26 Å². The number of hydrogen-bond donors (Lipinski definition) is 1. The van der Waals surface area contributed by atoms with E-state index in [4.69, 9.17) is 14.2 Å². The molecule has 0 radical (unpaired) electrons. The van der Waals surface area contributed by atoms with Crippen molar-refractivity contribution in [1.82, 2.24) is 0 Å². The van der Waals surface area contributed by atoms with Crippen LogP contribution in [-0.4, -0.2) is 35.5 Å². The van der Waals surface area contributed by atoms with E-state index < -0.39 is 17.8 Å². The molecule has 0 amide bonds. The number of aliphatic hydroxyl groups is 1. The molecule has 146 valence electrons. The van der Waals surface area contributed by atoms with Crippen LogP contribution in [0.2, 0.25) is 0 Å². The van der Waals surface area contributed by atoms with Crippen LogP contribution in [0.5, 0.6) is 0 Å². The quantitative estimate of drug-likeness (QED) is 0.736. The minimum absolute atomic E-state index is 0.135. The summed E-state index contributed by atoms with van der Waals surface area (Å²) in [4.78, 5) is 0.770. The molecule has 2 fully saturated rings. The Bertz CT molecular complexity index is 872. The van der Waals surface area contributed by atoms with E-state index in [-0.39, 0.29) is 18.1 Å². The second-order valence-electron chi connectivity index (χ2n) is 6.94. The highest BCUT2D eigenvalue weighted by molar-refractivity contribution is 9.10. The van der Waals surface area contributed by atoms with Gasteiger partial charge in [0.2, 0.25) is 0 Å². The average Bonchev–Trinajstić information content (AvgIpc) is 2.72. The molecule has 2 aromatic carbocycles. The first-order valence-corrected chi connectivity index (χ1v) is 10.8. The molecule has 0 aromatic heterocycles. The van der Waals surface area contributed by atoms with Gasteiger partial charge in [0.1, 0.15) is 17.6 Å². The van der Waals surface area contributed by atoms with Crippen LogP contribution in [0.4, 0.5) is 0 Å². The minimum Gasteiger partial charge on any atom is -0.389 e. The maximum absolute atomic E-state index is 10.9. The van der Waals surface area contributed by atoms with E-state index >= 15 is 0 Å². The topological polar surface area (TPSA) is 71.7 Å². The van der Waals surface area contributed by atoms with Gasteiger partial charge >= 0.3 is 0 Å². The molecule has 0 saturated carbocycles. The minimum atomic E-state index is -0.730. The van der Waals surface area contributed by atoms with Crippen molar-refractivity contribution < 1.29 is 19.3 Å². The summed E-state index contributed by atoms with van der Waals surface area (Å²) >= 11 is 4.79. The van der Waals surface area contributed by atoms with Gasteiger partial charge in [-0.25, -0.2) is 0 Å². The number of fused-ring (bicyclic) bond motifs is 1. The van der Waals surface area contributed by atoms with Gasteiger partial charge in [-0.3, -0.25) is 0 Å². The van der Waals surface area contributed by atoms with Gasteiger partial charge in [0, 0.05) is 20.8 Å². The van der Waals surface area contributed by atoms with E-state index in [2.05, 4.69) is 22.0 Å². The highest BCUT2D eigenvalue weighted by Crippen LogP contribution is 2.42. The maximum Gasteiger partial charge on any atom is 0.184 e. The van der Waals surface area contributed by atoms with Gasteiger partial charge < -0.3 is 19.3 Å². The Labute approximate surface area is 176 Å². The second kappa shape index (κ2) is 8.54. The number of nitriles is 1. The molecule has 4 unspecified atom stereocenters. The third-order valence-electron chi connectivity index (χ3n) is 5.08. The number of ether oxygens (including phenoxy) is 3. The molecule has 7 heteroatoms. The van der Waals surface area contributed by atoms with Gasteiger partial charge in [0.15, 0.2) is 6.29 Å². The summed E-state index contributed by atoms with van der Waals surface area (Å²) < 4.78 is 19.0. The van der Waals surface area contributed by atoms with Crippen LogP contribution in [0.3, 0.4) is 0 Å². The molecule has 28 heavy (non-hydrogen) atoms. The SMILES string of the molecule is CC1C(O)[C@@H](Sc2cc(Br)ccc2C#N)OC2COC(c3ccccc3)O[C@@H]21. The number of hydrogen-bond acceptors (Lipinski definition) is 6. The summed E-state index contributed by atoms with van der Waals surface area (Å²) in [6, 6.07) is 17.4. The third kappa shape index (κ3) is 3.99. The van der Waals surface area contributed by atoms with Crippen LogP contribution in [0, 0.1) is 17.2 Å². The Morgan fingerprint density at radius 2 is 1.96 bits per heavy atom. The van der Waals surface area contributed by atoms with E-state index in [9.17, 15) is 10.4 Å². The zero-order chi connectivity index (χ0) is 19.7. The smallest absolute Gasteiger partial charge is 0.184 e. The molecular formula is C21H20BrNO4S. The fourth-order valence-corrected chi connectivity index (χ4v) is 5.30. The van der Waals surface area contributed by atoms with Crippen LogP contribution in [-0.2, 0) is 14.2 Å². The number of halogens is 1. The van der Waals surface area contributed by atoms with Crippen molar-refractivity contribution in [2.75, 3.05) is 6.61 Å². The third-order valence-corrected chi connectivity index (χ3v) is 6.79. The Kier molecular flexibility index (Phi) is 6.07. The monoisotopic (exact) mass is 461 g/mol. The van der Waals surface area contributed by atoms with Gasteiger partial charge in [-0.15, -0.1) is 0 Å². The summed E-state index contributed by atoms with van der Waals surface area (Å²) in [6.45, 7) is 2.36. The van der Waals surface area contributed by atoms with Crippen LogP contribution in [0.25, 0.3) is 0 Å². The lowest BCUT2D eigenvalue weighted by Crippen LogP contribution is -2.57. The van der Waals surface area contributed by atoms with Crippen molar-refractivity contribution in [3.8, 4) is 6.07 Å². The molecule has 0 aliphatic carbocycles. The highest BCUT2D eigenvalue weighted by Gasteiger charge is 2.47. The highest BCUT2D eigenvalue weighted by atomic mass is 79.9.